The average molecular weight is 643 g/mol. The molecule has 0 bridgehead atoms. The lowest BCUT2D eigenvalue weighted by Gasteiger charge is -2.21. The minimum Gasteiger partial charge on any atom is -0.497 e. The van der Waals surface area contributed by atoms with Crippen LogP contribution in [0.15, 0.2) is 90.0 Å². The van der Waals surface area contributed by atoms with Gasteiger partial charge in [0.15, 0.2) is 23.5 Å². The van der Waals surface area contributed by atoms with Gasteiger partial charge in [-0.3, -0.25) is 10.4 Å². The normalized spacial score (nSPS) is 12.1. The van der Waals surface area contributed by atoms with Crippen molar-refractivity contribution < 1.29 is 28.1 Å². The Balaban J connectivity index is 1.43. The zero-order valence-corrected chi connectivity index (χ0v) is 25.3. The van der Waals surface area contributed by atoms with Crippen LogP contribution in [-0.2, 0) is 14.3 Å². The van der Waals surface area contributed by atoms with Crippen molar-refractivity contribution in [3.8, 4) is 17.4 Å². The fourth-order valence-electron chi connectivity index (χ4n) is 4.60. The standard InChI is InChI=1S/C32H31FN8O6/c1-44-22-17-23(25(33)24(18-22)46-15-16-47-30(42)27(45-2)19-7-4-3-5-8-19)26(38-21-11-9-20(10-12-21)28(34)35)29-39-32(43)41(40-29)31-36-13-6-14-37-31/h3-14,17-18,26-27,38H,15-16H2,1-2H3,(H3,34,35)(H,39,40,43)/t26-,27-/m1/s1. The third kappa shape index (κ3) is 7.59. The molecule has 47 heavy (non-hydrogen) atoms. The predicted octanol–water partition coefficient (Wildman–Crippen LogP) is 3.29. The Labute approximate surface area is 267 Å². The number of H-pyrrole nitrogens is 1. The highest BCUT2D eigenvalue weighted by molar-refractivity contribution is 5.95. The molecule has 0 spiro atoms. The largest absolute Gasteiger partial charge is 0.497 e. The summed E-state index contributed by atoms with van der Waals surface area (Å²) in [6.07, 6.45) is 1.97. The highest BCUT2D eigenvalue weighted by atomic mass is 19.1. The Morgan fingerprint density at radius 3 is 2.43 bits per heavy atom. The third-order valence-electron chi connectivity index (χ3n) is 6.88. The highest BCUT2D eigenvalue weighted by Gasteiger charge is 2.27. The van der Waals surface area contributed by atoms with Crippen molar-refractivity contribution in [1.29, 1.82) is 5.41 Å². The van der Waals surface area contributed by atoms with E-state index in [1.165, 1.54) is 38.7 Å². The summed E-state index contributed by atoms with van der Waals surface area (Å²) in [4.78, 5) is 36.4. The monoisotopic (exact) mass is 642 g/mol. The maximum absolute atomic E-state index is 16.3. The molecule has 0 amide bonds. The molecule has 0 unspecified atom stereocenters. The number of methoxy groups -OCH3 is 2. The first-order chi connectivity index (χ1) is 22.8. The van der Waals surface area contributed by atoms with E-state index in [-0.39, 0.29) is 47.9 Å². The number of hydrogen-bond acceptors (Lipinski definition) is 11. The number of amidine groups is 1. The molecule has 2 aromatic heterocycles. The zero-order valence-electron chi connectivity index (χ0n) is 25.3. The van der Waals surface area contributed by atoms with Gasteiger partial charge in [-0.25, -0.2) is 23.9 Å². The van der Waals surface area contributed by atoms with Crippen LogP contribution in [0.4, 0.5) is 10.1 Å². The van der Waals surface area contributed by atoms with Crippen molar-refractivity contribution in [2.75, 3.05) is 32.8 Å². The first kappa shape index (κ1) is 32.3. The fraction of sp³-hybridized carbons (Fsp3) is 0.188. The van der Waals surface area contributed by atoms with Gasteiger partial charge in [0.05, 0.1) is 7.11 Å². The number of esters is 1. The molecule has 5 rings (SSSR count). The molecule has 14 nitrogen and oxygen atoms in total. The molecular weight excluding hydrogens is 611 g/mol. The predicted molar refractivity (Wildman–Crippen MR) is 168 cm³/mol. The van der Waals surface area contributed by atoms with Gasteiger partial charge >= 0.3 is 11.7 Å². The lowest BCUT2D eigenvalue weighted by Crippen LogP contribution is -2.21. The molecule has 0 radical (unpaired) electrons. The Kier molecular flexibility index (Phi) is 10.2. The number of nitrogens with zero attached hydrogens (tertiary/aromatic N) is 4. The van der Waals surface area contributed by atoms with Crippen LogP contribution in [-0.4, -0.2) is 64.0 Å². The number of nitrogens with two attached hydrogens (primary N) is 1. The molecule has 0 aliphatic carbocycles. The number of nitrogens with one attached hydrogen (secondary N) is 3. The van der Waals surface area contributed by atoms with E-state index in [1.54, 1.807) is 54.6 Å². The van der Waals surface area contributed by atoms with E-state index in [4.69, 9.17) is 30.1 Å². The van der Waals surface area contributed by atoms with Gasteiger partial charge in [-0.2, -0.15) is 0 Å². The molecule has 0 aliphatic rings. The Morgan fingerprint density at radius 2 is 1.77 bits per heavy atom. The number of carbonyl (C=O) groups is 1. The van der Waals surface area contributed by atoms with Crippen molar-refractivity contribution in [2.24, 2.45) is 5.73 Å². The van der Waals surface area contributed by atoms with Gasteiger partial charge in [0.25, 0.3) is 5.95 Å². The van der Waals surface area contributed by atoms with E-state index in [0.717, 1.165) is 4.68 Å². The van der Waals surface area contributed by atoms with Crippen LogP contribution in [0.5, 0.6) is 11.5 Å². The van der Waals surface area contributed by atoms with Crippen LogP contribution in [0, 0.1) is 11.2 Å². The first-order valence-corrected chi connectivity index (χ1v) is 14.2. The second-order valence-corrected chi connectivity index (χ2v) is 9.92. The third-order valence-corrected chi connectivity index (χ3v) is 6.88. The van der Waals surface area contributed by atoms with E-state index in [9.17, 15) is 9.59 Å². The van der Waals surface area contributed by atoms with E-state index in [1.807, 2.05) is 6.07 Å². The van der Waals surface area contributed by atoms with Crippen LogP contribution in [0.3, 0.4) is 0 Å². The number of nitrogen functional groups attached to an aromatic ring is 1. The SMILES string of the molecule is COc1cc(OCCOC(=O)[C@H](OC)c2ccccc2)c(F)c([C@@H](Nc2ccc(C(=N)N)cc2)c2nn(-c3ncccn3)c(=O)[nH]2)c1. The number of aromatic nitrogens is 5. The van der Waals surface area contributed by atoms with Crippen molar-refractivity contribution in [1.82, 2.24) is 24.7 Å². The first-order valence-electron chi connectivity index (χ1n) is 14.2. The van der Waals surface area contributed by atoms with E-state index in [0.29, 0.717) is 16.8 Å². The van der Waals surface area contributed by atoms with Gasteiger partial charge in [0.1, 0.15) is 30.8 Å². The number of aromatic amines is 1. The molecule has 0 fully saturated rings. The van der Waals surface area contributed by atoms with Gasteiger partial charge in [-0.15, -0.1) is 9.78 Å². The van der Waals surface area contributed by atoms with Gasteiger partial charge in [0.2, 0.25) is 0 Å². The van der Waals surface area contributed by atoms with Crippen LogP contribution in [0.1, 0.15) is 34.7 Å². The summed E-state index contributed by atoms with van der Waals surface area (Å²) in [6, 6.07) is 18.6. The van der Waals surface area contributed by atoms with Crippen LogP contribution < -0.4 is 26.2 Å². The topological polar surface area (TPSA) is 192 Å². The molecule has 5 aromatic rings. The van der Waals surface area contributed by atoms with Crippen molar-refractivity contribution >= 4 is 17.5 Å². The average Bonchev–Trinajstić information content (AvgIpc) is 3.48. The summed E-state index contributed by atoms with van der Waals surface area (Å²) in [5.74, 6) is -1.47. The lowest BCUT2D eigenvalue weighted by molar-refractivity contribution is -0.156. The Morgan fingerprint density at radius 1 is 1.04 bits per heavy atom. The van der Waals surface area contributed by atoms with Crippen LogP contribution in [0.25, 0.3) is 5.95 Å². The number of rotatable bonds is 14. The van der Waals surface area contributed by atoms with Crippen molar-refractivity contribution in [2.45, 2.75) is 12.1 Å². The molecule has 2 heterocycles. The number of hydrogen-bond donors (Lipinski definition) is 4. The maximum atomic E-state index is 16.3. The van der Waals surface area contributed by atoms with E-state index >= 15 is 4.39 Å². The van der Waals surface area contributed by atoms with E-state index < -0.39 is 29.6 Å². The van der Waals surface area contributed by atoms with Crippen molar-refractivity contribution in [3.05, 3.63) is 124 Å². The molecule has 15 heteroatoms. The number of carbonyl (C=O) groups excluding carboxylic acids is 1. The maximum Gasteiger partial charge on any atom is 0.350 e. The van der Waals surface area contributed by atoms with Gasteiger partial charge in [-0.05, 0) is 42.0 Å². The molecule has 0 saturated carbocycles. The minimum atomic E-state index is -1.10. The second-order valence-electron chi connectivity index (χ2n) is 9.92. The van der Waals surface area contributed by atoms with Crippen LogP contribution >= 0.6 is 0 Å². The van der Waals surface area contributed by atoms with E-state index in [2.05, 4.69) is 25.4 Å². The summed E-state index contributed by atoms with van der Waals surface area (Å²) in [7, 11) is 2.80. The number of benzene rings is 3. The highest BCUT2D eigenvalue weighted by Crippen LogP contribution is 2.35. The quantitative estimate of drug-likeness (QED) is 0.0601. The summed E-state index contributed by atoms with van der Waals surface area (Å²) < 4.78 is 39.0. The zero-order chi connectivity index (χ0) is 33.3. The Hall–Kier alpha value is -6.09. The lowest BCUT2D eigenvalue weighted by atomic mass is 10.0. The fourth-order valence-corrected chi connectivity index (χ4v) is 4.60. The van der Waals surface area contributed by atoms with Gasteiger partial charge < -0.3 is 30.0 Å². The molecule has 0 saturated heterocycles. The minimum absolute atomic E-state index is 0.00499. The molecule has 5 N–H and O–H groups in total. The summed E-state index contributed by atoms with van der Waals surface area (Å²) >= 11 is 0. The van der Waals surface area contributed by atoms with Gasteiger partial charge in [-0.1, -0.05) is 30.3 Å². The molecule has 0 aliphatic heterocycles. The summed E-state index contributed by atoms with van der Waals surface area (Å²) in [5, 5.41) is 15.2. The Bertz CT molecular complexity index is 1880. The number of ether oxygens (including phenoxy) is 4. The smallest absolute Gasteiger partial charge is 0.350 e. The molecule has 2 atom stereocenters. The molecule has 242 valence electrons. The number of anilines is 1. The van der Waals surface area contributed by atoms with Gasteiger partial charge in [0, 0.05) is 42.4 Å². The second kappa shape index (κ2) is 14.8. The number of halogens is 1. The molecular formula is C32H31FN8O6. The van der Waals surface area contributed by atoms with Crippen LogP contribution in [0.2, 0.25) is 0 Å². The molecule has 3 aromatic carbocycles. The summed E-state index contributed by atoms with van der Waals surface area (Å²) in [5.41, 5.74) is 6.54. The van der Waals surface area contributed by atoms with Crippen molar-refractivity contribution in [3.63, 3.8) is 0 Å². The summed E-state index contributed by atoms with van der Waals surface area (Å²) in [6.45, 7) is -0.390.